The number of likely N-dealkylation sites (tertiary alicyclic amines) is 1. The standard InChI is InChI=1S/C21H26N2O3S/c1-17-6-5-9-20(16-17)27(25,26)22-13-10-18-11-14-23(15-12-18)21(24)19-7-3-2-4-8-19/h2-9,16,18,22H,10-15H2,1H3. The van der Waals surface area contributed by atoms with E-state index < -0.39 is 10.0 Å². The van der Waals surface area contributed by atoms with Gasteiger partial charge in [-0.25, -0.2) is 13.1 Å². The highest BCUT2D eigenvalue weighted by Gasteiger charge is 2.24. The quantitative estimate of drug-likeness (QED) is 0.829. The van der Waals surface area contributed by atoms with E-state index in [1.165, 1.54) is 0 Å². The number of carbonyl (C=O) groups is 1. The predicted octanol–water partition coefficient (Wildman–Crippen LogP) is 3.22. The molecule has 0 aliphatic carbocycles. The first-order valence-electron chi connectivity index (χ1n) is 9.36. The third kappa shape index (κ3) is 5.17. The van der Waals surface area contributed by atoms with Crippen molar-refractivity contribution in [1.82, 2.24) is 9.62 Å². The minimum Gasteiger partial charge on any atom is -0.339 e. The Morgan fingerprint density at radius 2 is 1.78 bits per heavy atom. The Balaban J connectivity index is 1.45. The summed E-state index contributed by atoms with van der Waals surface area (Å²) in [5.74, 6) is 0.513. The minimum atomic E-state index is -3.46. The number of hydrogen-bond donors (Lipinski definition) is 1. The largest absolute Gasteiger partial charge is 0.339 e. The number of amides is 1. The van der Waals surface area contributed by atoms with Crippen LogP contribution in [0.5, 0.6) is 0 Å². The molecule has 1 N–H and O–H groups in total. The number of benzene rings is 2. The second-order valence-corrected chi connectivity index (χ2v) is 8.87. The molecule has 1 amide bonds. The average molecular weight is 387 g/mol. The van der Waals surface area contributed by atoms with Crippen LogP contribution in [-0.4, -0.2) is 38.9 Å². The average Bonchev–Trinajstić information content (AvgIpc) is 2.68. The van der Waals surface area contributed by atoms with Gasteiger partial charge in [0.05, 0.1) is 4.90 Å². The Bertz CT molecular complexity index is 873. The van der Waals surface area contributed by atoms with Crippen LogP contribution in [0.25, 0.3) is 0 Å². The maximum absolute atomic E-state index is 12.5. The number of hydrogen-bond acceptors (Lipinski definition) is 3. The van der Waals surface area contributed by atoms with E-state index in [0.717, 1.165) is 43.5 Å². The Labute approximate surface area is 161 Å². The van der Waals surface area contributed by atoms with Crippen LogP contribution in [0, 0.1) is 12.8 Å². The summed E-state index contributed by atoms with van der Waals surface area (Å²) in [6, 6.07) is 16.3. The van der Waals surface area contributed by atoms with Gasteiger partial charge in [-0.15, -0.1) is 0 Å². The molecule has 5 nitrogen and oxygen atoms in total. The van der Waals surface area contributed by atoms with Gasteiger partial charge < -0.3 is 4.90 Å². The zero-order valence-electron chi connectivity index (χ0n) is 15.6. The van der Waals surface area contributed by atoms with Gasteiger partial charge in [0.2, 0.25) is 10.0 Å². The molecule has 2 aromatic carbocycles. The highest BCUT2D eigenvalue weighted by atomic mass is 32.2. The summed E-state index contributed by atoms with van der Waals surface area (Å²) in [7, 11) is -3.46. The molecule has 0 saturated carbocycles. The molecule has 0 aromatic heterocycles. The SMILES string of the molecule is Cc1cccc(S(=O)(=O)NCCC2CCN(C(=O)c3ccccc3)CC2)c1. The van der Waals surface area contributed by atoms with Gasteiger partial charge in [-0.05, 0) is 61.9 Å². The molecular formula is C21H26N2O3S. The summed E-state index contributed by atoms with van der Waals surface area (Å²) in [5, 5.41) is 0. The fourth-order valence-corrected chi connectivity index (χ4v) is 4.60. The van der Waals surface area contributed by atoms with Gasteiger partial charge >= 0.3 is 0 Å². The normalized spacial score (nSPS) is 15.7. The van der Waals surface area contributed by atoms with Gasteiger partial charge in [0, 0.05) is 25.2 Å². The van der Waals surface area contributed by atoms with E-state index >= 15 is 0 Å². The summed E-state index contributed by atoms with van der Waals surface area (Å²) in [4.78, 5) is 14.7. The van der Waals surface area contributed by atoms with Crippen LogP contribution in [0.1, 0.15) is 35.2 Å². The third-order valence-electron chi connectivity index (χ3n) is 5.07. The zero-order valence-corrected chi connectivity index (χ0v) is 16.4. The van der Waals surface area contributed by atoms with Crippen molar-refractivity contribution in [3.05, 3.63) is 65.7 Å². The lowest BCUT2D eigenvalue weighted by Gasteiger charge is -2.32. The molecule has 1 aliphatic heterocycles. The molecule has 2 aromatic rings. The van der Waals surface area contributed by atoms with Crippen molar-refractivity contribution < 1.29 is 13.2 Å². The van der Waals surface area contributed by atoms with E-state index in [2.05, 4.69) is 4.72 Å². The van der Waals surface area contributed by atoms with Gasteiger partial charge in [0.1, 0.15) is 0 Å². The van der Waals surface area contributed by atoms with Crippen molar-refractivity contribution >= 4 is 15.9 Å². The predicted molar refractivity (Wildman–Crippen MR) is 106 cm³/mol. The lowest BCUT2D eigenvalue weighted by molar-refractivity contribution is 0.0687. The van der Waals surface area contributed by atoms with E-state index in [-0.39, 0.29) is 5.91 Å². The molecule has 1 aliphatic rings. The molecule has 1 saturated heterocycles. The number of piperidine rings is 1. The molecule has 27 heavy (non-hydrogen) atoms. The lowest BCUT2D eigenvalue weighted by atomic mass is 9.93. The molecule has 0 unspecified atom stereocenters. The fraction of sp³-hybridized carbons (Fsp3) is 0.381. The van der Waals surface area contributed by atoms with Gasteiger partial charge in [-0.2, -0.15) is 0 Å². The van der Waals surface area contributed by atoms with E-state index in [1.807, 2.05) is 48.2 Å². The van der Waals surface area contributed by atoms with Crippen molar-refractivity contribution in [2.45, 2.75) is 31.1 Å². The lowest BCUT2D eigenvalue weighted by Crippen LogP contribution is -2.39. The molecule has 3 rings (SSSR count). The monoisotopic (exact) mass is 386 g/mol. The highest BCUT2D eigenvalue weighted by molar-refractivity contribution is 7.89. The van der Waals surface area contributed by atoms with E-state index in [1.54, 1.807) is 18.2 Å². The number of sulfonamides is 1. The maximum Gasteiger partial charge on any atom is 0.253 e. The van der Waals surface area contributed by atoms with Crippen molar-refractivity contribution in [2.24, 2.45) is 5.92 Å². The first-order valence-corrected chi connectivity index (χ1v) is 10.8. The molecular weight excluding hydrogens is 360 g/mol. The topological polar surface area (TPSA) is 66.5 Å². The Morgan fingerprint density at radius 1 is 1.07 bits per heavy atom. The summed E-state index contributed by atoms with van der Waals surface area (Å²) >= 11 is 0. The van der Waals surface area contributed by atoms with Crippen molar-refractivity contribution in [3.63, 3.8) is 0 Å². The number of nitrogens with one attached hydrogen (secondary N) is 1. The van der Waals surface area contributed by atoms with Crippen molar-refractivity contribution in [3.8, 4) is 0 Å². The third-order valence-corrected chi connectivity index (χ3v) is 6.53. The molecule has 0 spiro atoms. The summed E-state index contributed by atoms with van der Waals surface area (Å²) < 4.78 is 27.4. The highest BCUT2D eigenvalue weighted by Crippen LogP contribution is 2.22. The number of rotatable bonds is 6. The molecule has 6 heteroatoms. The minimum absolute atomic E-state index is 0.0780. The van der Waals surface area contributed by atoms with Crippen molar-refractivity contribution in [2.75, 3.05) is 19.6 Å². The van der Waals surface area contributed by atoms with Crippen LogP contribution in [0.2, 0.25) is 0 Å². The van der Waals surface area contributed by atoms with Gasteiger partial charge in [-0.1, -0.05) is 30.3 Å². The van der Waals surface area contributed by atoms with Crippen LogP contribution >= 0.6 is 0 Å². The van der Waals surface area contributed by atoms with Gasteiger partial charge in [-0.3, -0.25) is 4.79 Å². The van der Waals surface area contributed by atoms with Crippen LogP contribution < -0.4 is 4.72 Å². The summed E-state index contributed by atoms with van der Waals surface area (Å²) in [6.45, 7) is 3.75. The van der Waals surface area contributed by atoms with E-state index in [0.29, 0.717) is 17.4 Å². The smallest absolute Gasteiger partial charge is 0.253 e. The maximum atomic E-state index is 12.5. The van der Waals surface area contributed by atoms with E-state index in [4.69, 9.17) is 0 Å². The van der Waals surface area contributed by atoms with Gasteiger partial charge in [0.15, 0.2) is 0 Å². The molecule has 1 fully saturated rings. The fourth-order valence-electron chi connectivity index (χ4n) is 3.45. The molecule has 0 radical (unpaired) electrons. The van der Waals surface area contributed by atoms with Crippen molar-refractivity contribution in [1.29, 1.82) is 0 Å². The molecule has 1 heterocycles. The molecule has 0 bridgehead atoms. The first kappa shape index (κ1) is 19.6. The molecule has 144 valence electrons. The molecule has 0 atom stereocenters. The second-order valence-electron chi connectivity index (χ2n) is 7.10. The number of nitrogens with zero attached hydrogens (tertiary/aromatic N) is 1. The van der Waals surface area contributed by atoms with Crippen LogP contribution in [0.3, 0.4) is 0 Å². The zero-order chi connectivity index (χ0) is 19.3. The Morgan fingerprint density at radius 3 is 2.44 bits per heavy atom. The van der Waals surface area contributed by atoms with Gasteiger partial charge in [0.25, 0.3) is 5.91 Å². The van der Waals surface area contributed by atoms with Crippen LogP contribution in [-0.2, 0) is 10.0 Å². The first-order chi connectivity index (χ1) is 13.0. The Kier molecular flexibility index (Phi) is 6.29. The summed E-state index contributed by atoms with van der Waals surface area (Å²) in [6.07, 6.45) is 2.61. The second kappa shape index (κ2) is 8.67. The Hall–Kier alpha value is -2.18. The van der Waals surface area contributed by atoms with Crippen LogP contribution in [0.4, 0.5) is 0 Å². The van der Waals surface area contributed by atoms with E-state index in [9.17, 15) is 13.2 Å². The number of aryl methyl sites for hydroxylation is 1. The number of carbonyl (C=O) groups excluding carboxylic acids is 1. The van der Waals surface area contributed by atoms with Crippen LogP contribution in [0.15, 0.2) is 59.5 Å². The summed E-state index contributed by atoms with van der Waals surface area (Å²) in [5.41, 5.74) is 1.65.